The van der Waals surface area contributed by atoms with Crippen molar-refractivity contribution in [3.8, 4) is 16.9 Å². The molecule has 0 heterocycles. The van der Waals surface area contributed by atoms with Gasteiger partial charge in [-0.1, -0.05) is 79.7 Å². The zero-order valence-corrected chi connectivity index (χ0v) is 16.1. The Balaban J connectivity index is 1.83. The Hall–Kier alpha value is -3.44. The summed E-state index contributed by atoms with van der Waals surface area (Å²) in [4.78, 5) is 24.2. The molecule has 0 fully saturated rings. The molecule has 0 amide bonds. The molecule has 3 rings (SSSR count). The van der Waals surface area contributed by atoms with Crippen molar-refractivity contribution in [3.63, 3.8) is 0 Å². The summed E-state index contributed by atoms with van der Waals surface area (Å²) in [6.07, 6.45) is -1.40. The highest BCUT2D eigenvalue weighted by Crippen LogP contribution is 2.32. The van der Waals surface area contributed by atoms with Gasteiger partial charge in [-0.25, -0.2) is 4.79 Å². The van der Waals surface area contributed by atoms with Crippen molar-refractivity contribution < 1.29 is 24.2 Å². The first kappa shape index (κ1) is 20.3. The molecule has 0 aliphatic rings. The summed E-state index contributed by atoms with van der Waals surface area (Å²) in [5.74, 6) is -1.13. The van der Waals surface area contributed by atoms with Crippen molar-refractivity contribution >= 4 is 11.9 Å². The average molecular weight is 390 g/mol. The second-order valence-corrected chi connectivity index (χ2v) is 6.44. The molecule has 5 nitrogen and oxygen atoms in total. The van der Waals surface area contributed by atoms with Crippen LogP contribution in [0, 0.1) is 0 Å². The minimum absolute atomic E-state index is 0.0446. The van der Waals surface area contributed by atoms with Gasteiger partial charge in [-0.05, 0) is 22.8 Å². The number of carbonyl (C=O) groups is 2. The van der Waals surface area contributed by atoms with Crippen LogP contribution >= 0.6 is 0 Å². The fourth-order valence-corrected chi connectivity index (χ4v) is 2.79. The lowest BCUT2D eigenvalue weighted by molar-refractivity contribution is -0.155. The molecule has 148 valence electrons. The number of aliphatic hydroxyl groups is 1. The number of esters is 2. The maximum atomic E-state index is 12.4. The third-order valence-electron chi connectivity index (χ3n) is 4.37. The lowest BCUT2D eigenvalue weighted by Crippen LogP contribution is -2.17. The van der Waals surface area contributed by atoms with E-state index in [9.17, 15) is 14.7 Å². The van der Waals surface area contributed by atoms with Gasteiger partial charge >= 0.3 is 11.9 Å². The molecule has 0 bridgehead atoms. The van der Waals surface area contributed by atoms with E-state index in [0.717, 1.165) is 16.7 Å². The number of benzene rings is 3. The highest BCUT2D eigenvalue weighted by Gasteiger charge is 2.24. The molecule has 0 aliphatic carbocycles. The Morgan fingerprint density at radius 2 is 1.55 bits per heavy atom. The smallest absolute Gasteiger partial charge is 0.340 e. The second kappa shape index (κ2) is 9.66. The molecule has 3 aromatic carbocycles. The lowest BCUT2D eigenvalue weighted by atomic mass is 10.0. The van der Waals surface area contributed by atoms with Gasteiger partial charge in [0.05, 0.1) is 0 Å². The molecular formula is C24H22O5. The number of aliphatic hydroxyl groups excluding tert-OH is 1. The van der Waals surface area contributed by atoms with Gasteiger partial charge in [0, 0.05) is 12.0 Å². The maximum absolute atomic E-state index is 12.4. The molecule has 1 atom stereocenters. The van der Waals surface area contributed by atoms with Gasteiger partial charge in [-0.2, -0.15) is 0 Å². The quantitative estimate of drug-likeness (QED) is 0.477. The van der Waals surface area contributed by atoms with Crippen molar-refractivity contribution in [2.75, 3.05) is 0 Å². The molecule has 29 heavy (non-hydrogen) atoms. The summed E-state index contributed by atoms with van der Waals surface area (Å²) in [6.45, 7) is 1.72. The Bertz CT molecular complexity index is 967. The van der Waals surface area contributed by atoms with Crippen LogP contribution in [0.4, 0.5) is 0 Å². The predicted octanol–water partition coefficient (Wildman–Crippen LogP) is 4.45. The third kappa shape index (κ3) is 5.30. The average Bonchev–Trinajstić information content (AvgIpc) is 2.78. The zero-order chi connectivity index (χ0) is 20.6. The largest absolute Gasteiger partial charge is 0.459 e. The van der Waals surface area contributed by atoms with Gasteiger partial charge in [0.1, 0.15) is 12.4 Å². The number of rotatable bonds is 7. The minimum atomic E-state index is -1.57. The summed E-state index contributed by atoms with van der Waals surface area (Å²) in [7, 11) is 0. The van der Waals surface area contributed by atoms with Gasteiger partial charge in [0.2, 0.25) is 0 Å². The Kier molecular flexibility index (Phi) is 6.76. The van der Waals surface area contributed by atoms with Crippen LogP contribution in [0.5, 0.6) is 5.75 Å². The van der Waals surface area contributed by atoms with E-state index in [1.807, 2.05) is 60.7 Å². The van der Waals surface area contributed by atoms with Crippen LogP contribution in [0.15, 0.2) is 78.9 Å². The van der Waals surface area contributed by atoms with Crippen LogP contribution in [-0.2, 0) is 20.9 Å². The fourth-order valence-electron chi connectivity index (χ4n) is 2.79. The fraction of sp³-hybridized carbons (Fsp3) is 0.167. The standard InChI is InChI=1S/C24H22O5/c1-2-22(25)29-21-15-19(18-11-7-4-8-12-18)13-14-20(21)23(26)24(27)28-16-17-9-5-3-6-10-17/h3-15,23,26H,2,16H2,1H3. The van der Waals surface area contributed by atoms with E-state index in [0.29, 0.717) is 0 Å². The van der Waals surface area contributed by atoms with E-state index < -0.39 is 18.0 Å². The normalized spacial score (nSPS) is 11.5. The molecule has 3 aromatic rings. The molecule has 1 unspecified atom stereocenters. The highest BCUT2D eigenvalue weighted by molar-refractivity contribution is 5.80. The second-order valence-electron chi connectivity index (χ2n) is 6.44. The van der Waals surface area contributed by atoms with Gasteiger partial charge in [0.25, 0.3) is 0 Å². The molecule has 0 radical (unpaired) electrons. The first-order chi connectivity index (χ1) is 14.1. The molecule has 5 heteroatoms. The molecule has 0 aromatic heterocycles. The maximum Gasteiger partial charge on any atom is 0.340 e. The van der Waals surface area contributed by atoms with Gasteiger partial charge in [-0.3, -0.25) is 4.79 Å². The number of hydrogen-bond acceptors (Lipinski definition) is 5. The summed E-state index contributed by atoms with van der Waals surface area (Å²) < 4.78 is 10.6. The van der Waals surface area contributed by atoms with E-state index in [1.54, 1.807) is 25.1 Å². The lowest BCUT2D eigenvalue weighted by Gasteiger charge is -2.16. The monoisotopic (exact) mass is 390 g/mol. The molecular weight excluding hydrogens is 368 g/mol. The van der Waals surface area contributed by atoms with E-state index in [1.165, 1.54) is 0 Å². The van der Waals surface area contributed by atoms with Crippen LogP contribution in [0.25, 0.3) is 11.1 Å². The van der Waals surface area contributed by atoms with Crippen LogP contribution in [0.2, 0.25) is 0 Å². The number of ether oxygens (including phenoxy) is 2. The minimum Gasteiger partial charge on any atom is -0.459 e. The molecule has 0 spiro atoms. The first-order valence-corrected chi connectivity index (χ1v) is 9.37. The summed E-state index contributed by atoms with van der Waals surface area (Å²) in [6, 6.07) is 23.7. The topological polar surface area (TPSA) is 72.8 Å². The van der Waals surface area contributed by atoms with Crippen molar-refractivity contribution in [1.29, 1.82) is 0 Å². The first-order valence-electron chi connectivity index (χ1n) is 9.37. The van der Waals surface area contributed by atoms with Crippen molar-refractivity contribution in [2.24, 2.45) is 0 Å². The van der Waals surface area contributed by atoms with Gasteiger partial charge in [0.15, 0.2) is 6.10 Å². The zero-order valence-electron chi connectivity index (χ0n) is 16.1. The van der Waals surface area contributed by atoms with Crippen molar-refractivity contribution in [1.82, 2.24) is 0 Å². The van der Waals surface area contributed by atoms with Gasteiger partial charge < -0.3 is 14.6 Å². The predicted molar refractivity (Wildman–Crippen MR) is 109 cm³/mol. The Morgan fingerprint density at radius 1 is 0.897 bits per heavy atom. The molecule has 0 aliphatic heterocycles. The van der Waals surface area contributed by atoms with E-state index in [2.05, 4.69) is 0 Å². The summed E-state index contributed by atoms with van der Waals surface area (Å²) in [5.41, 5.74) is 2.72. The molecule has 0 saturated carbocycles. The van der Waals surface area contributed by atoms with Crippen LogP contribution in [-0.4, -0.2) is 17.0 Å². The van der Waals surface area contributed by atoms with Crippen LogP contribution < -0.4 is 4.74 Å². The Labute approximate surface area is 169 Å². The van der Waals surface area contributed by atoms with Crippen LogP contribution in [0.3, 0.4) is 0 Å². The number of carbonyl (C=O) groups excluding carboxylic acids is 2. The van der Waals surface area contributed by atoms with Crippen molar-refractivity contribution in [2.45, 2.75) is 26.1 Å². The van der Waals surface area contributed by atoms with Crippen molar-refractivity contribution in [3.05, 3.63) is 90.0 Å². The van der Waals surface area contributed by atoms with E-state index in [-0.39, 0.29) is 24.3 Å². The summed E-state index contributed by atoms with van der Waals surface area (Å²) >= 11 is 0. The molecule has 0 saturated heterocycles. The van der Waals surface area contributed by atoms with Gasteiger partial charge in [-0.15, -0.1) is 0 Å². The third-order valence-corrected chi connectivity index (χ3v) is 4.37. The molecule has 1 N–H and O–H groups in total. The highest BCUT2D eigenvalue weighted by atomic mass is 16.6. The van der Waals surface area contributed by atoms with E-state index >= 15 is 0 Å². The summed E-state index contributed by atoms with van der Waals surface area (Å²) in [5, 5.41) is 10.5. The SMILES string of the molecule is CCC(=O)Oc1cc(-c2ccccc2)ccc1C(O)C(=O)OCc1ccccc1. The number of hydrogen-bond donors (Lipinski definition) is 1. The Morgan fingerprint density at radius 3 is 2.21 bits per heavy atom. The van der Waals surface area contributed by atoms with E-state index in [4.69, 9.17) is 9.47 Å². The van der Waals surface area contributed by atoms with Crippen LogP contribution in [0.1, 0.15) is 30.6 Å².